The molecule has 1 unspecified atom stereocenters. The van der Waals surface area contributed by atoms with Gasteiger partial charge >= 0.3 is 0 Å². The highest BCUT2D eigenvalue weighted by molar-refractivity contribution is 6.23. The Balaban J connectivity index is 1.71. The molecule has 3 N–H and O–H groups in total. The number of aromatic amines is 1. The summed E-state index contributed by atoms with van der Waals surface area (Å²) in [6.45, 7) is 0.132. The third kappa shape index (κ3) is 3.61. The van der Waals surface area contributed by atoms with E-state index < -0.39 is 11.5 Å². The number of aromatic nitrogens is 4. The van der Waals surface area contributed by atoms with Crippen molar-refractivity contribution in [1.29, 1.82) is 5.26 Å². The third-order valence-electron chi connectivity index (χ3n) is 5.88. The summed E-state index contributed by atoms with van der Waals surface area (Å²) in [5.41, 5.74) is 7.93. The molecule has 0 radical (unpaired) electrons. The number of alkyl halides is 2. The van der Waals surface area contributed by atoms with Gasteiger partial charge in [0.25, 0.3) is 5.56 Å². The first kappa shape index (κ1) is 21.4. The number of ether oxygens (including phenoxy) is 1. The smallest absolute Gasteiger partial charge is 0.272 e. The summed E-state index contributed by atoms with van der Waals surface area (Å²) in [7, 11) is 1.68. The van der Waals surface area contributed by atoms with Crippen LogP contribution in [0.1, 0.15) is 24.2 Å². The van der Waals surface area contributed by atoms with Gasteiger partial charge in [0.15, 0.2) is 0 Å². The largest absolute Gasteiger partial charge is 0.489 e. The molecule has 8 nitrogen and oxygen atoms in total. The van der Waals surface area contributed by atoms with Crippen molar-refractivity contribution >= 4 is 27.9 Å². The molecule has 0 amide bonds. The first-order chi connectivity index (χ1) is 15.9. The van der Waals surface area contributed by atoms with E-state index in [1.165, 1.54) is 10.8 Å². The fourth-order valence-corrected chi connectivity index (χ4v) is 4.32. The van der Waals surface area contributed by atoms with Crippen LogP contribution in [0.15, 0.2) is 46.6 Å². The molecule has 1 aromatic carbocycles. The van der Waals surface area contributed by atoms with Gasteiger partial charge in [-0.25, -0.2) is 9.49 Å². The molecule has 2 heterocycles. The zero-order valence-electron chi connectivity index (χ0n) is 17.7. The lowest BCUT2D eigenvalue weighted by molar-refractivity contribution is 0.202. The lowest BCUT2D eigenvalue weighted by Gasteiger charge is -2.25. The Morgan fingerprint density at radius 1 is 1.39 bits per heavy atom. The van der Waals surface area contributed by atoms with Crippen molar-refractivity contribution in [3.05, 3.63) is 63.5 Å². The summed E-state index contributed by atoms with van der Waals surface area (Å²) in [6, 6.07) is 7.30. The van der Waals surface area contributed by atoms with Crippen molar-refractivity contribution in [2.45, 2.75) is 37.0 Å². The molecule has 33 heavy (non-hydrogen) atoms. The number of nitrogens with zero attached hydrogens (tertiary/aromatic N) is 4. The average Bonchev–Trinajstić information content (AvgIpc) is 3.55. The van der Waals surface area contributed by atoms with Gasteiger partial charge < -0.3 is 10.5 Å². The van der Waals surface area contributed by atoms with E-state index in [4.69, 9.17) is 22.1 Å². The Kier molecular flexibility index (Phi) is 5.27. The lowest BCUT2D eigenvalue weighted by Crippen LogP contribution is -2.25. The Bertz CT molecular complexity index is 1430. The van der Waals surface area contributed by atoms with E-state index in [2.05, 4.69) is 21.4 Å². The van der Waals surface area contributed by atoms with Crippen LogP contribution < -0.4 is 11.3 Å². The molecular formula is C23H20ClFN6O2. The number of benzene rings is 1. The minimum atomic E-state index is -1.63. The van der Waals surface area contributed by atoms with Gasteiger partial charge in [0.05, 0.1) is 34.5 Å². The Hall–Kier alpha value is -3.48. The highest BCUT2D eigenvalue weighted by Gasteiger charge is 2.38. The molecule has 2 aliphatic carbocycles. The Morgan fingerprint density at radius 3 is 2.88 bits per heavy atom. The van der Waals surface area contributed by atoms with E-state index >= 15 is 4.39 Å². The molecule has 0 spiro atoms. The molecule has 2 aromatic heterocycles. The van der Waals surface area contributed by atoms with E-state index in [1.54, 1.807) is 31.4 Å². The van der Waals surface area contributed by atoms with E-state index in [0.717, 1.165) is 12.8 Å². The molecule has 2 aliphatic rings. The molecular weight excluding hydrogens is 447 g/mol. The van der Waals surface area contributed by atoms with Crippen molar-refractivity contribution in [3.63, 3.8) is 0 Å². The minimum Gasteiger partial charge on any atom is -0.489 e. The van der Waals surface area contributed by atoms with Crippen LogP contribution in [0.2, 0.25) is 0 Å². The maximum atomic E-state index is 15.5. The van der Waals surface area contributed by atoms with Gasteiger partial charge in [0.1, 0.15) is 23.6 Å². The fraction of sp³-hybridized carbons (Fsp3) is 0.304. The SMILES string of the molecule is Cn1ncc(-c2ccc3c(=O)[nH]nc(CN)c3c2)c1C1=C(C#N)C(OC2CC2)=CC(Cl)[C@@H]1F. The second kappa shape index (κ2) is 8.14. The van der Waals surface area contributed by atoms with Gasteiger partial charge in [0.2, 0.25) is 0 Å². The predicted octanol–water partition coefficient (Wildman–Crippen LogP) is 3.08. The number of hydrogen-bond donors (Lipinski definition) is 2. The number of H-pyrrole nitrogens is 1. The quantitative estimate of drug-likeness (QED) is 0.557. The Labute approximate surface area is 193 Å². The highest BCUT2D eigenvalue weighted by Crippen LogP contribution is 2.42. The minimum absolute atomic E-state index is 0.0210. The molecule has 10 heteroatoms. The van der Waals surface area contributed by atoms with E-state index in [0.29, 0.717) is 39.0 Å². The van der Waals surface area contributed by atoms with Crippen LogP contribution in [0, 0.1) is 11.3 Å². The number of aryl methyl sites for hydroxylation is 1. The number of fused-ring (bicyclic) bond motifs is 1. The highest BCUT2D eigenvalue weighted by atomic mass is 35.5. The molecule has 0 bridgehead atoms. The summed E-state index contributed by atoms with van der Waals surface area (Å²) in [5.74, 6) is 0.302. The topological polar surface area (TPSA) is 123 Å². The third-order valence-corrected chi connectivity index (χ3v) is 6.22. The van der Waals surface area contributed by atoms with Crippen molar-refractivity contribution < 1.29 is 9.13 Å². The number of allylic oxidation sites excluding steroid dienone is 3. The summed E-state index contributed by atoms with van der Waals surface area (Å²) in [4.78, 5) is 12.2. The van der Waals surface area contributed by atoms with Crippen molar-refractivity contribution in [2.24, 2.45) is 12.8 Å². The molecule has 168 valence electrons. The zero-order valence-corrected chi connectivity index (χ0v) is 18.4. The van der Waals surface area contributed by atoms with Crippen LogP contribution in [-0.2, 0) is 18.3 Å². The maximum Gasteiger partial charge on any atom is 0.272 e. The summed E-state index contributed by atoms with van der Waals surface area (Å²) in [5, 5.41) is 20.8. The lowest BCUT2D eigenvalue weighted by atomic mass is 9.88. The van der Waals surface area contributed by atoms with E-state index in [9.17, 15) is 10.1 Å². The van der Waals surface area contributed by atoms with Gasteiger partial charge in [-0.05, 0) is 36.6 Å². The van der Waals surface area contributed by atoms with Gasteiger partial charge in [0, 0.05) is 30.1 Å². The van der Waals surface area contributed by atoms with Crippen molar-refractivity contribution in [3.8, 4) is 17.2 Å². The van der Waals surface area contributed by atoms with Crippen molar-refractivity contribution in [2.75, 3.05) is 0 Å². The number of hydrogen-bond acceptors (Lipinski definition) is 6. The van der Waals surface area contributed by atoms with Gasteiger partial charge in [-0.1, -0.05) is 6.07 Å². The molecule has 0 saturated heterocycles. The summed E-state index contributed by atoms with van der Waals surface area (Å²) in [6.07, 6.45) is 3.23. The fourth-order valence-electron chi connectivity index (χ4n) is 4.08. The molecule has 1 fully saturated rings. The van der Waals surface area contributed by atoms with E-state index in [-0.39, 0.29) is 29.4 Å². The number of nitrogens with two attached hydrogens (primary N) is 1. The standard InChI is InChI=1S/C23H20ClFN6O2/c1-31-22(20-15(8-26)19(33-12-3-4-12)7-17(24)21(20)25)16(10-28-31)11-2-5-13-14(6-11)18(9-27)29-30-23(13)32/h2,5-7,10,12,17,21H,3-4,9,27H2,1H3,(H,30,32)/t17?,21-/m0/s1. The van der Waals surface area contributed by atoms with Crippen LogP contribution in [0.4, 0.5) is 4.39 Å². The number of rotatable bonds is 5. The first-order valence-electron chi connectivity index (χ1n) is 10.5. The molecule has 5 rings (SSSR count). The van der Waals surface area contributed by atoms with Gasteiger partial charge in [-0.2, -0.15) is 15.5 Å². The second-order valence-electron chi connectivity index (χ2n) is 8.09. The van der Waals surface area contributed by atoms with Gasteiger partial charge in [-0.3, -0.25) is 9.48 Å². The van der Waals surface area contributed by atoms with Crippen LogP contribution in [0.3, 0.4) is 0 Å². The maximum absolute atomic E-state index is 15.5. The monoisotopic (exact) mass is 466 g/mol. The Morgan fingerprint density at radius 2 is 2.18 bits per heavy atom. The predicted molar refractivity (Wildman–Crippen MR) is 122 cm³/mol. The zero-order chi connectivity index (χ0) is 23.3. The summed E-state index contributed by atoms with van der Waals surface area (Å²) >= 11 is 6.32. The normalized spacial score (nSPS) is 20.6. The van der Waals surface area contributed by atoms with Crippen LogP contribution >= 0.6 is 11.6 Å². The number of nitriles is 1. The average molecular weight is 467 g/mol. The number of halogens is 2. The van der Waals surface area contributed by atoms with Crippen LogP contribution in [0.5, 0.6) is 0 Å². The molecule has 2 atom stereocenters. The molecule has 0 aliphatic heterocycles. The van der Waals surface area contributed by atoms with Crippen LogP contribution in [-0.4, -0.2) is 37.6 Å². The number of nitrogens with one attached hydrogen (secondary N) is 1. The van der Waals surface area contributed by atoms with E-state index in [1.807, 2.05) is 0 Å². The second-order valence-corrected chi connectivity index (χ2v) is 8.59. The molecule has 1 saturated carbocycles. The molecule has 3 aromatic rings. The summed E-state index contributed by atoms with van der Waals surface area (Å²) < 4.78 is 22.9. The van der Waals surface area contributed by atoms with Crippen LogP contribution in [0.25, 0.3) is 27.5 Å². The van der Waals surface area contributed by atoms with Gasteiger partial charge in [-0.15, -0.1) is 11.6 Å². The van der Waals surface area contributed by atoms with Crippen molar-refractivity contribution in [1.82, 2.24) is 20.0 Å². The first-order valence-corrected chi connectivity index (χ1v) is 10.9.